The Morgan fingerprint density at radius 3 is 2.84 bits per heavy atom. The van der Waals surface area contributed by atoms with Crippen molar-refractivity contribution in [1.29, 1.82) is 0 Å². The van der Waals surface area contributed by atoms with Crippen molar-refractivity contribution in [2.75, 3.05) is 5.32 Å². The van der Waals surface area contributed by atoms with Crippen LogP contribution in [0.25, 0.3) is 0 Å². The van der Waals surface area contributed by atoms with Crippen LogP contribution >= 0.6 is 0 Å². The molecule has 0 aliphatic rings. The fourth-order valence-corrected chi connectivity index (χ4v) is 2.02. The molecule has 2 aromatic rings. The summed E-state index contributed by atoms with van der Waals surface area (Å²) in [7, 11) is 0. The number of benzene rings is 1. The van der Waals surface area contributed by atoms with Gasteiger partial charge in [0.15, 0.2) is 0 Å². The molecule has 0 saturated carbocycles. The van der Waals surface area contributed by atoms with Crippen molar-refractivity contribution in [1.82, 2.24) is 9.78 Å². The number of aryl methyl sites for hydroxylation is 1. The van der Waals surface area contributed by atoms with Crippen LogP contribution in [0.2, 0.25) is 0 Å². The van der Waals surface area contributed by atoms with E-state index in [1.807, 2.05) is 29.9 Å². The van der Waals surface area contributed by atoms with Crippen molar-refractivity contribution in [3.8, 4) is 5.75 Å². The first-order valence-corrected chi connectivity index (χ1v) is 6.60. The third-order valence-electron chi connectivity index (χ3n) is 2.89. The zero-order chi connectivity index (χ0) is 13.8. The van der Waals surface area contributed by atoms with E-state index in [1.165, 1.54) is 0 Å². The van der Waals surface area contributed by atoms with Crippen LogP contribution in [-0.2, 0) is 13.1 Å². The molecular weight excluding hydrogens is 238 g/mol. The average molecular weight is 259 g/mol. The van der Waals surface area contributed by atoms with Crippen LogP contribution in [0.3, 0.4) is 0 Å². The molecular formula is C15H21N3O. The van der Waals surface area contributed by atoms with Crippen LogP contribution in [0, 0.1) is 12.8 Å². The van der Waals surface area contributed by atoms with Gasteiger partial charge in [0.2, 0.25) is 0 Å². The minimum atomic E-state index is 0.298. The molecule has 0 amide bonds. The fourth-order valence-electron chi connectivity index (χ4n) is 2.02. The highest BCUT2D eigenvalue weighted by atomic mass is 16.3. The van der Waals surface area contributed by atoms with Gasteiger partial charge in [-0.05, 0) is 30.5 Å². The van der Waals surface area contributed by atoms with E-state index >= 15 is 0 Å². The third-order valence-corrected chi connectivity index (χ3v) is 2.89. The maximum atomic E-state index is 9.42. The van der Waals surface area contributed by atoms with Crippen LogP contribution in [0.1, 0.15) is 25.1 Å². The lowest BCUT2D eigenvalue weighted by molar-refractivity contribution is 0.474. The van der Waals surface area contributed by atoms with E-state index in [-0.39, 0.29) is 0 Å². The summed E-state index contributed by atoms with van der Waals surface area (Å²) < 4.78 is 1.98. The van der Waals surface area contributed by atoms with Gasteiger partial charge in [-0.3, -0.25) is 4.68 Å². The molecule has 0 radical (unpaired) electrons. The zero-order valence-electron chi connectivity index (χ0n) is 11.7. The highest BCUT2D eigenvalue weighted by molar-refractivity contribution is 5.46. The normalized spacial score (nSPS) is 10.9. The topological polar surface area (TPSA) is 50.1 Å². The minimum Gasteiger partial charge on any atom is -0.508 e. The average Bonchev–Trinajstić information content (AvgIpc) is 2.66. The molecule has 19 heavy (non-hydrogen) atoms. The molecule has 4 heteroatoms. The van der Waals surface area contributed by atoms with Crippen LogP contribution in [0.15, 0.2) is 30.5 Å². The van der Waals surface area contributed by atoms with Gasteiger partial charge >= 0.3 is 0 Å². The van der Waals surface area contributed by atoms with E-state index in [0.29, 0.717) is 18.2 Å². The largest absolute Gasteiger partial charge is 0.508 e. The smallest absolute Gasteiger partial charge is 0.115 e. The van der Waals surface area contributed by atoms with Gasteiger partial charge in [0.05, 0.1) is 11.4 Å². The molecule has 0 saturated heterocycles. The molecule has 0 unspecified atom stereocenters. The van der Waals surface area contributed by atoms with Crippen molar-refractivity contribution < 1.29 is 5.11 Å². The summed E-state index contributed by atoms with van der Waals surface area (Å²) >= 11 is 0. The van der Waals surface area contributed by atoms with E-state index in [0.717, 1.165) is 23.5 Å². The van der Waals surface area contributed by atoms with Crippen LogP contribution in [0.5, 0.6) is 5.75 Å². The number of hydrogen-bond donors (Lipinski definition) is 2. The fraction of sp³-hybridized carbons (Fsp3) is 0.400. The maximum Gasteiger partial charge on any atom is 0.115 e. The Hall–Kier alpha value is -1.97. The van der Waals surface area contributed by atoms with E-state index in [9.17, 15) is 5.11 Å². The summed E-state index contributed by atoms with van der Waals surface area (Å²) in [6, 6.07) is 7.28. The maximum absolute atomic E-state index is 9.42. The highest BCUT2D eigenvalue weighted by Crippen LogP contribution is 2.16. The summed E-state index contributed by atoms with van der Waals surface area (Å²) in [4.78, 5) is 0. The van der Waals surface area contributed by atoms with E-state index in [4.69, 9.17) is 0 Å². The zero-order valence-corrected chi connectivity index (χ0v) is 11.7. The van der Waals surface area contributed by atoms with E-state index in [2.05, 4.69) is 24.3 Å². The number of phenolic OH excluding ortho intramolecular Hbond substituents is 1. The third kappa shape index (κ3) is 3.74. The molecule has 0 fully saturated rings. The Bertz CT molecular complexity index is 546. The molecule has 2 N–H and O–H groups in total. The second-order valence-electron chi connectivity index (χ2n) is 5.27. The van der Waals surface area contributed by atoms with Gasteiger partial charge in [-0.2, -0.15) is 5.10 Å². The molecule has 0 bridgehead atoms. The SMILES string of the molecule is Cc1nn(CC(C)C)cc1NCc1cccc(O)c1. The van der Waals surface area contributed by atoms with Crippen molar-refractivity contribution >= 4 is 5.69 Å². The van der Waals surface area contributed by atoms with Crippen LogP contribution in [-0.4, -0.2) is 14.9 Å². The Morgan fingerprint density at radius 1 is 1.37 bits per heavy atom. The summed E-state index contributed by atoms with van der Waals surface area (Å²) in [6.07, 6.45) is 2.04. The first kappa shape index (κ1) is 13.5. The van der Waals surface area contributed by atoms with Crippen molar-refractivity contribution in [3.05, 3.63) is 41.7 Å². The Labute approximate surface area is 114 Å². The monoisotopic (exact) mass is 259 g/mol. The van der Waals surface area contributed by atoms with Crippen molar-refractivity contribution in [3.63, 3.8) is 0 Å². The summed E-state index contributed by atoms with van der Waals surface area (Å²) in [5.74, 6) is 0.879. The quantitative estimate of drug-likeness (QED) is 0.867. The van der Waals surface area contributed by atoms with Crippen LogP contribution < -0.4 is 5.32 Å². The predicted molar refractivity (Wildman–Crippen MR) is 77.2 cm³/mol. The minimum absolute atomic E-state index is 0.298. The number of rotatable bonds is 5. The molecule has 1 aromatic heterocycles. The molecule has 0 atom stereocenters. The summed E-state index contributed by atoms with van der Waals surface area (Å²) in [5.41, 5.74) is 3.10. The van der Waals surface area contributed by atoms with Gasteiger partial charge < -0.3 is 10.4 Å². The van der Waals surface area contributed by atoms with Crippen LogP contribution in [0.4, 0.5) is 5.69 Å². The number of phenols is 1. The first-order chi connectivity index (χ1) is 9.04. The lowest BCUT2D eigenvalue weighted by Crippen LogP contribution is -2.04. The number of nitrogens with one attached hydrogen (secondary N) is 1. The standard InChI is InChI=1S/C15H21N3O/c1-11(2)9-18-10-15(12(3)17-18)16-8-13-5-4-6-14(19)7-13/h4-7,10-11,16,19H,8-9H2,1-3H3. The van der Waals surface area contributed by atoms with Gasteiger partial charge in [0.1, 0.15) is 5.75 Å². The van der Waals surface area contributed by atoms with Gasteiger partial charge in [-0.1, -0.05) is 26.0 Å². The van der Waals surface area contributed by atoms with Gasteiger partial charge in [-0.15, -0.1) is 0 Å². The number of aromatic nitrogens is 2. The molecule has 2 rings (SSSR count). The second-order valence-corrected chi connectivity index (χ2v) is 5.27. The first-order valence-electron chi connectivity index (χ1n) is 6.60. The van der Waals surface area contributed by atoms with Crippen molar-refractivity contribution in [2.24, 2.45) is 5.92 Å². The highest BCUT2D eigenvalue weighted by Gasteiger charge is 2.06. The lowest BCUT2D eigenvalue weighted by Gasteiger charge is -2.05. The molecule has 4 nitrogen and oxygen atoms in total. The summed E-state index contributed by atoms with van der Waals surface area (Å²) in [5, 5.41) is 17.3. The lowest BCUT2D eigenvalue weighted by atomic mass is 10.2. The molecule has 102 valence electrons. The van der Waals surface area contributed by atoms with Gasteiger partial charge in [0.25, 0.3) is 0 Å². The summed E-state index contributed by atoms with van der Waals surface area (Å²) in [6.45, 7) is 7.96. The van der Waals surface area contributed by atoms with Crippen molar-refractivity contribution in [2.45, 2.75) is 33.9 Å². The number of nitrogens with zero attached hydrogens (tertiary/aromatic N) is 2. The Balaban J connectivity index is 2.01. The molecule has 1 aromatic carbocycles. The Kier molecular flexibility index (Phi) is 4.10. The number of aromatic hydroxyl groups is 1. The second kappa shape index (κ2) is 5.78. The number of hydrogen-bond acceptors (Lipinski definition) is 3. The molecule has 0 aliphatic carbocycles. The van der Waals surface area contributed by atoms with E-state index in [1.54, 1.807) is 12.1 Å². The molecule has 1 heterocycles. The van der Waals surface area contributed by atoms with Gasteiger partial charge in [-0.25, -0.2) is 0 Å². The van der Waals surface area contributed by atoms with E-state index < -0.39 is 0 Å². The Morgan fingerprint density at radius 2 is 2.16 bits per heavy atom. The molecule has 0 spiro atoms. The molecule has 0 aliphatic heterocycles. The van der Waals surface area contributed by atoms with Gasteiger partial charge in [0, 0.05) is 19.3 Å². The number of anilines is 1. The predicted octanol–water partition coefficient (Wildman–Crippen LogP) is 3.17.